The Morgan fingerprint density at radius 3 is 2.35 bits per heavy atom. The van der Waals surface area contributed by atoms with Gasteiger partial charge in [0.05, 0.1) is 0 Å². The minimum atomic E-state index is 1.08. The second-order valence-corrected chi connectivity index (χ2v) is 5.27. The maximum atomic E-state index is 5.43. The monoisotopic (exact) mass is 248 g/mol. The molecular weight excluding hydrogens is 224 g/mol. The van der Waals surface area contributed by atoms with E-state index in [1.165, 1.54) is 42.5 Å². The molecule has 0 bridgehead atoms. The van der Waals surface area contributed by atoms with E-state index in [9.17, 15) is 0 Å². The molecule has 0 saturated carbocycles. The summed E-state index contributed by atoms with van der Waals surface area (Å²) in [6.45, 7) is 2.25. The van der Waals surface area contributed by atoms with Crippen LogP contribution >= 0.6 is 12.2 Å². The van der Waals surface area contributed by atoms with Crippen molar-refractivity contribution in [1.29, 1.82) is 0 Å². The van der Waals surface area contributed by atoms with E-state index < -0.39 is 0 Å². The number of rotatable bonds is 9. The molecule has 1 rings (SSSR count). The van der Waals surface area contributed by atoms with E-state index in [4.69, 9.17) is 12.2 Å². The quantitative estimate of drug-likeness (QED) is 0.419. The molecule has 1 aromatic carbocycles. The van der Waals surface area contributed by atoms with Crippen LogP contribution in [-0.2, 0) is 6.42 Å². The van der Waals surface area contributed by atoms with Gasteiger partial charge in [-0.1, -0.05) is 75.2 Å². The second-order valence-electron chi connectivity index (χ2n) is 4.69. The molecule has 1 aromatic rings. The molecule has 0 fully saturated rings. The summed E-state index contributed by atoms with van der Waals surface area (Å²) in [6.07, 6.45) is 10.0. The zero-order chi connectivity index (χ0) is 12.3. The smallest absolute Gasteiger partial charge is 0.00682 e. The first kappa shape index (κ1) is 14.4. The number of aryl methyl sites for hydroxylation is 1. The van der Waals surface area contributed by atoms with Gasteiger partial charge in [-0.25, -0.2) is 0 Å². The molecule has 1 heteroatoms. The van der Waals surface area contributed by atoms with Crippen LogP contribution in [0, 0.1) is 0 Å². The zero-order valence-corrected chi connectivity index (χ0v) is 11.8. The standard InChI is InChI=1S/C16H24S/c1-2-3-4-5-9-12-16(17)14-13-15-10-7-6-8-11-15/h6-8,10-11H,2-5,9,12-14H2,1H3. The molecule has 0 N–H and O–H groups in total. The van der Waals surface area contributed by atoms with Gasteiger partial charge in [-0.05, 0) is 36.1 Å². The lowest BCUT2D eigenvalue weighted by Gasteiger charge is -2.04. The molecule has 0 aliphatic carbocycles. The highest BCUT2D eigenvalue weighted by Crippen LogP contribution is 2.10. The fourth-order valence-corrected chi connectivity index (χ4v) is 2.23. The van der Waals surface area contributed by atoms with Gasteiger partial charge in [0.25, 0.3) is 0 Å². The Bertz CT molecular complexity index is 303. The topological polar surface area (TPSA) is 0 Å². The van der Waals surface area contributed by atoms with Crippen LogP contribution in [0.25, 0.3) is 0 Å². The van der Waals surface area contributed by atoms with Crippen LogP contribution in [0.15, 0.2) is 30.3 Å². The molecule has 0 atom stereocenters. The van der Waals surface area contributed by atoms with Crippen molar-refractivity contribution in [3.8, 4) is 0 Å². The van der Waals surface area contributed by atoms with Crippen molar-refractivity contribution in [3.63, 3.8) is 0 Å². The first-order valence-corrected chi connectivity index (χ1v) is 7.29. The molecule has 0 radical (unpaired) electrons. The average molecular weight is 248 g/mol. The van der Waals surface area contributed by atoms with E-state index in [2.05, 4.69) is 37.3 Å². The molecule has 0 unspecified atom stereocenters. The Labute approximate surface area is 111 Å². The van der Waals surface area contributed by atoms with Gasteiger partial charge >= 0.3 is 0 Å². The van der Waals surface area contributed by atoms with Gasteiger partial charge in [0, 0.05) is 0 Å². The van der Waals surface area contributed by atoms with Gasteiger partial charge in [-0.2, -0.15) is 0 Å². The van der Waals surface area contributed by atoms with Crippen molar-refractivity contribution in [3.05, 3.63) is 35.9 Å². The Morgan fingerprint density at radius 1 is 0.941 bits per heavy atom. The van der Waals surface area contributed by atoms with Crippen molar-refractivity contribution in [2.45, 2.75) is 58.3 Å². The number of unbranched alkanes of at least 4 members (excludes halogenated alkanes) is 4. The molecule has 17 heavy (non-hydrogen) atoms. The van der Waals surface area contributed by atoms with Crippen LogP contribution < -0.4 is 0 Å². The van der Waals surface area contributed by atoms with Gasteiger partial charge in [0.15, 0.2) is 0 Å². The van der Waals surface area contributed by atoms with Gasteiger partial charge in [0.1, 0.15) is 0 Å². The third-order valence-corrected chi connectivity index (χ3v) is 3.50. The lowest BCUT2D eigenvalue weighted by molar-refractivity contribution is 0.643. The lowest BCUT2D eigenvalue weighted by Crippen LogP contribution is -1.97. The number of thiocarbonyl (C=S) groups is 1. The van der Waals surface area contributed by atoms with Crippen LogP contribution in [-0.4, -0.2) is 4.86 Å². The minimum Gasteiger partial charge on any atom is -0.0897 e. The molecule has 94 valence electrons. The van der Waals surface area contributed by atoms with E-state index in [0.29, 0.717) is 0 Å². The third-order valence-electron chi connectivity index (χ3n) is 3.09. The van der Waals surface area contributed by atoms with Gasteiger partial charge in [-0.15, -0.1) is 0 Å². The predicted octanol–water partition coefficient (Wildman–Crippen LogP) is 5.35. The van der Waals surface area contributed by atoms with E-state index in [1.807, 2.05) is 0 Å². The molecule has 0 spiro atoms. The third kappa shape index (κ3) is 7.27. The van der Waals surface area contributed by atoms with Gasteiger partial charge in [0.2, 0.25) is 0 Å². The summed E-state index contributed by atoms with van der Waals surface area (Å²) >= 11 is 5.43. The largest absolute Gasteiger partial charge is 0.0897 e. The Hall–Kier alpha value is -0.690. The summed E-state index contributed by atoms with van der Waals surface area (Å²) in [5, 5.41) is 0. The predicted molar refractivity (Wildman–Crippen MR) is 80.7 cm³/mol. The van der Waals surface area contributed by atoms with E-state index in [-0.39, 0.29) is 0 Å². The lowest BCUT2D eigenvalue weighted by atomic mass is 10.0. The highest BCUT2D eigenvalue weighted by atomic mass is 32.1. The highest BCUT2D eigenvalue weighted by molar-refractivity contribution is 7.80. The Morgan fingerprint density at radius 2 is 1.65 bits per heavy atom. The average Bonchev–Trinajstić information content (AvgIpc) is 2.37. The van der Waals surface area contributed by atoms with Crippen molar-refractivity contribution >= 4 is 17.1 Å². The summed E-state index contributed by atoms with van der Waals surface area (Å²) in [6, 6.07) is 10.6. The maximum absolute atomic E-state index is 5.43. The SMILES string of the molecule is CCCCCCCC(=S)CCc1ccccc1. The van der Waals surface area contributed by atoms with Crippen LogP contribution in [0.2, 0.25) is 0 Å². The number of hydrogen-bond donors (Lipinski definition) is 0. The highest BCUT2D eigenvalue weighted by Gasteiger charge is 1.99. The van der Waals surface area contributed by atoms with Crippen LogP contribution in [0.4, 0.5) is 0 Å². The molecule has 0 saturated heterocycles. The first-order chi connectivity index (χ1) is 8.33. The Balaban J connectivity index is 2.05. The maximum Gasteiger partial charge on any atom is -0.00682 e. The van der Waals surface area contributed by atoms with E-state index in [1.54, 1.807) is 0 Å². The fourth-order valence-electron chi connectivity index (χ4n) is 1.98. The summed E-state index contributed by atoms with van der Waals surface area (Å²) in [7, 11) is 0. The number of benzene rings is 1. The second kappa shape index (κ2) is 9.35. The first-order valence-electron chi connectivity index (χ1n) is 6.88. The molecule has 0 aliphatic rings. The molecule has 0 aliphatic heterocycles. The van der Waals surface area contributed by atoms with E-state index >= 15 is 0 Å². The van der Waals surface area contributed by atoms with Crippen LogP contribution in [0.5, 0.6) is 0 Å². The van der Waals surface area contributed by atoms with Crippen molar-refractivity contribution in [2.75, 3.05) is 0 Å². The van der Waals surface area contributed by atoms with Gasteiger partial charge < -0.3 is 0 Å². The molecule has 0 heterocycles. The summed E-state index contributed by atoms with van der Waals surface area (Å²) in [4.78, 5) is 1.25. The van der Waals surface area contributed by atoms with Crippen molar-refractivity contribution < 1.29 is 0 Å². The van der Waals surface area contributed by atoms with Crippen molar-refractivity contribution in [2.24, 2.45) is 0 Å². The van der Waals surface area contributed by atoms with Gasteiger partial charge in [-0.3, -0.25) is 0 Å². The molecule has 0 aromatic heterocycles. The normalized spacial score (nSPS) is 10.4. The van der Waals surface area contributed by atoms with Crippen LogP contribution in [0.1, 0.15) is 57.4 Å². The molecule has 0 amide bonds. The molecular formula is C16H24S. The van der Waals surface area contributed by atoms with Crippen LogP contribution in [0.3, 0.4) is 0 Å². The summed E-state index contributed by atoms with van der Waals surface area (Å²) < 4.78 is 0. The zero-order valence-electron chi connectivity index (χ0n) is 11.0. The summed E-state index contributed by atoms with van der Waals surface area (Å²) in [5.74, 6) is 0. The number of hydrogen-bond acceptors (Lipinski definition) is 1. The fraction of sp³-hybridized carbons (Fsp3) is 0.562. The minimum absolute atomic E-state index is 1.08. The summed E-state index contributed by atoms with van der Waals surface area (Å²) in [5.41, 5.74) is 1.40. The molecule has 0 nitrogen and oxygen atoms in total. The van der Waals surface area contributed by atoms with Crippen molar-refractivity contribution in [1.82, 2.24) is 0 Å². The Kier molecular flexibility index (Phi) is 7.91. The van der Waals surface area contributed by atoms with E-state index in [0.717, 1.165) is 19.3 Å².